The van der Waals surface area contributed by atoms with E-state index < -0.39 is 17.6 Å². The predicted octanol–water partition coefficient (Wildman–Crippen LogP) is 3.39. The van der Waals surface area contributed by atoms with Crippen molar-refractivity contribution in [2.75, 3.05) is 0 Å². The van der Waals surface area contributed by atoms with Crippen molar-refractivity contribution in [1.82, 2.24) is 20.6 Å². The van der Waals surface area contributed by atoms with Gasteiger partial charge in [0.25, 0.3) is 0 Å². The summed E-state index contributed by atoms with van der Waals surface area (Å²) in [5, 5.41) is 34.3. The number of rotatable bonds is 10. The molecule has 2 aliphatic carbocycles. The van der Waals surface area contributed by atoms with Crippen LogP contribution in [-0.4, -0.2) is 55.1 Å². The predicted molar refractivity (Wildman–Crippen MR) is 125 cm³/mol. The summed E-state index contributed by atoms with van der Waals surface area (Å²) in [7, 11) is 0. The van der Waals surface area contributed by atoms with Crippen molar-refractivity contribution < 1.29 is 19.7 Å². The first-order valence-electron chi connectivity index (χ1n) is 12.3. The number of tetrazole rings is 1. The zero-order chi connectivity index (χ0) is 24.2. The third-order valence-electron chi connectivity index (χ3n) is 7.49. The molecular weight excluding hydrogens is 420 g/mol. The Labute approximate surface area is 196 Å². The number of allylic oxidation sites excluding steroid dienone is 3. The number of aliphatic hydroxyl groups excluding tert-OH is 2. The molecule has 0 saturated carbocycles. The average molecular weight is 461 g/mol. The third-order valence-corrected chi connectivity index (χ3v) is 7.49. The van der Waals surface area contributed by atoms with E-state index in [1.54, 1.807) is 0 Å². The van der Waals surface area contributed by atoms with Crippen molar-refractivity contribution in [3.63, 3.8) is 0 Å². The largest absolute Gasteiger partial charge is 0.461 e. The van der Waals surface area contributed by atoms with Crippen molar-refractivity contribution in [3.05, 3.63) is 29.6 Å². The summed E-state index contributed by atoms with van der Waals surface area (Å²) in [6, 6.07) is 0. The molecule has 8 nitrogen and oxygen atoms in total. The first-order valence-corrected chi connectivity index (χ1v) is 12.3. The van der Waals surface area contributed by atoms with Gasteiger partial charge in [0.1, 0.15) is 6.10 Å². The fourth-order valence-corrected chi connectivity index (χ4v) is 5.05. The molecule has 0 aliphatic heterocycles. The monoisotopic (exact) mass is 460 g/mol. The maximum Gasteiger partial charge on any atom is 0.311 e. The van der Waals surface area contributed by atoms with Gasteiger partial charge in [-0.1, -0.05) is 39.0 Å². The molecule has 0 bridgehead atoms. The number of carbonyl (C=O) groups is 1. The Bertz CT molecular complexity index is 835. The highest BCUT2D eigenvalue weighted by molar-refractivity contribution is 5.76. The molecule has 184 valence electrons. The van der Waals surface area contributed by atoms with Gasteiger partial charge in [-0.05, 0) is 79.7 Å². The van der Waals surface area contributed by atoms with Gasteiger partial charge in [0.15, 0.2) is 5.82 Å². The summed E-state index contributed by atoms with van der Waals surface area (Å²) in [5.41, 5.74) is 0.748. The first kappa shape index (κ1) is 25.6. The number of aliphatic hydroxyl groups is 2. The molecule has 0 fully saturated rings. The molecular formula is C25H40N4O4. The highest BCUT2D eigenvalue weighted by Gasteiger charge is 2.42. The number of hydrogen-bond donors (Lipinski definition) is 3. The minimum atomic E-state index is -0.714. The lowest BCUT2D eigenvalue weighted by Crippen LogP contribution is -2.43. The van der Waals surface area contributed by atoms with Crippen LogP contribution in [0, 0.1) is 29.1 Å². The number of H-pyrrole nitrogens is 1. The van der Waals surface area contributed by atoms with Crippen LogP contribution < -0.4 is 0 Å². The van der Waals surface area contributed by atoms with E-state index in [2.05, 4.69) is 52.7 Å². The summed E-state index contributed by atoms with van der Waals surface area (Å²) >= 11 is 0. The molecule has 0 aromatic carbocycles. The molecule has 0 saturated heterocycles. The Hall–Kier alpha value is -2.06. The van der Waals surface area contributed by atoms with Crippen molar-refractivity contribution in [1.29, 1.82) is 0 Å². The number of ether oxygens (including phenoxy) is 1. The zero-order valence-electron chi connectivity index (χ0n) is 20.6. The standard InChI is InChI=1S/C25H40N4O4/c1-6-25(4,5)24(32)33-21-12-15(2)11-17-8-7-16(3)20(23(17)21)10-9-18(30)13-19(31)14-22-26-28-29-27-22/h7-8,11,15-16,18-21,23,30-31H,6,9-10,12-14H2,1-5H3,(H,26,27,28,29)/t15-,16-,18?,19?,20-,21-,23-/m0/s1. The first-order chi connectivity index (χ1) is 15.6. The van der Waals surface area contributed by atoms with Gasteiger partial charge < -0.3 is 14.9 Å². The number of hydrogen-bond acceptors (Lipinski definition) is 7. The zero-order valence-corrected chi connectivity index (χ0v) is 20.6. The fourth-order valence-electron chi connectivity index (χ4n) is 5.05. The van der Waals surface area contributed by atoms with E-state index in [0.29, 0.717) is 24.1 Å². The Kier molecular flexibility index (Phi) is 8.45. The average Bonchev–Trinajstić information content (AvgIpc) is 3.25. The minimum Gasteiger partial charge on any atom is -0.461 e. The van der Waals surface area contributed by atoms with Crippen LogP contribution >= 0.6 is 0 Å². The van der Waals surface area contributed by atoms with E-state index in [4.69, 9.17) is 4.74 Å². The number of nitrogens with one attached hydrogen (secondary N) is 1. The number of fused-ring (bicyclic) bond motifs is 1. The second-order valence-corrected chi connectivity index (χ2v) is 10.6. The summed E-state index contributed by atoms with van der Waals surface area (Å²) in [6.45, 7) is 10.3. The maximum atomic E-state index is 12.9. The quantitative estimate of drug-likeness (QED) is 0.458. The molecule has 0 radical (unpaired) electrons. The number of aromatic amines is 1. The van der Waals surface area contributed by atoms with Crippen molar-refractivity contribution in [3.8, 4) is 0 Å². The maximum absolute atomic E-state index is 12.9. The lowest BCUT2D eigenvalue weighted by Gasteiger charge is -2.44. The molecule has 3 rings (SSSR count). The fraction of sp³-hybridized carbons (Fsp3) is 0.760. The van der Waals surface area contributed by atoms with E-state index in [9.17, 15) is 15.0 Å². The summed E-state index contributed by atoms with van der Waals surface area (Å²) in [5.74, 6) is 1.44. The van der Waals surface area contributed by atoms with Crippen LogP contribution in [0.5, 0.6) is 0 Å². The Morgan fingerprint density at radius 1 is 1.30 bits per heavy atom. The van der Waals surface area contributed by atoms with E-state index in [0.717, 1.165) is 19.3 Å². The molecule has 33 heavy (non-hydrogen) atoms. The van der Waals surface area contributed by atoms with Crippen LogP contribution in [-0.2, 0) is 16.0 Å². The van der Waals surface area contributed by atoms with Crippen LogP contribution in [0.2, 0.25) is 0 Å². The van der Waals surface area contributed by atoms with E-state index >= 15 is 0 Å². The molecule has 0 amide bonds. The van der Waals surface area contributed by atoms with Crippen LogP contribution in [0.1, 0.15) is 72.5 Å². The molecule has 0 spiro atoms. The van der Waals surface area contributed by atoms with Gasteiger partial charge in [0.05, 0.1) is 17.6 Å². The van der Waals surface area contributed by atoms with E-state index in [-0.39, 0.29) is 36.8 Å². The molecule has 1 aromatic rings. The van der Waals surface area contributed by atoms with Gasteiger partial charge in [0, 0.05) is 12.3 Å². The van der Waals surface area contributed by atoms with Gasteiger partial charge in [-0.2, -0.15) is 0 Å². The highest BCUT2D eigenvalue weighted by atomic mass is 16.5. The second kappa shape index (κ2) is 10.9. The lowest BCUT2D eigenvalue weighted by atomic mass is 9.65. The van der Waals surface area contributed by atoms with Gasteiger partial charge in [-0.15, -0.1) is 5.10 Å². The smallest absolute Gasteiger partial charge is 0.311 e. The van der Waals surface area contributed by atoms with Crippen molar-refractivity contribution in [2.24, 2.45) is 29.1 Å². The van der Waals surface area contributed by atoms with Crippen molar-refractivity contribution >= 4 is 5.97 Å². The topological polar surface area (TPSA) is 121 Å². The van der Waals surface area contributed by atoms with Gasteiger partial charge in [0.2, 0.25) is 0 Å². The van der Waals surface area contributed by atoms with Crippen LogP contribution in [0.3, 0.4) is 0 Å². The molecule has 7 atom stereocenters. The lowest BCUT2D eigenvalue weighted by molar-refractivity contribution is -0.164. The van der Waals surface area contributed by atoms with Gasteiger partial charge in [-0.25, -0.2) is 5.10 Å². The van der Waals surface area contributed by atoms with Crippen LogP contribution in [0.4, 0.5) is 0 Å². The Morgan fingerprint density at radius 2 is 2.06 bits per heavy atom. The summed E-state index contributed by atoms with van der Waals surface area (Å²) in [4.78, 5) is 12.9. The van der Waals surface area contributed by atoms with Gasteiger partial charge in [-0.3, -0.25) is 4.79 Å². The van der Waals surface area contributed by atoms with Crippen LogP contribution in [0.25, 0.3) is 0 Å². The number of carbonyl (C=O) groups excluding carboxylic acids is 1. The summed E-state index contributed by atoms with van der Waals surface area (Å²) in [6.07, 6.45) is 8.73. The minimum absolute atomic E-state index is 0.130. The van der Waals surface area contributed by atoms with Gasteiger partial charge >= 0.3 is 5.97 Å². The number of nitrogens with zero attached hydrogens (tertiary/aromatic N) is 3. The molecule has 1 heterocycles. The molecule has 3 N–H and O–H groups in total. The molecule has 2 aliphatic rings. The Balaban J connectivity index is 1.66. The molecule has 1 aromatic heterocycles. The van der Waals surface area contributed by atoms with Crippen molar-refractivity contribution in [2.45, 2.75) is 91.5 Å². The highest BCUT2D eigenvalue weighted by Crippen LogP contribution is 2.45. The normalized spacial score (nSPS) is 29.2. The number of aromatic nitrogens is 4. The second-order valence-electron chi connectivity index (χ2n) is 10.6. The Morgan fingerprint density at radius 3 is 2.73 bits per heavy atom. The third kappa shape index (κ3) is 6.51. The summed E-state index contributed by atoms with van der Waals surface area (Å²) < 4.78 is 6.16. The molecule has 2 unspecified atom stereocenters. The SMILES string of the molecule is CCC(C)(C)C(=O)O[C@H]1C[C@@H](C)C=C2C=C[C@H](C)[C@H](CCC(O)CC(O)Cc3nnn[nH]3)[C@H]21. The van der Waals surface area contributed by atoms with E-state index in [1.165, 1.54) is 5.57 Å². The molecule has 8 heteroatoms. The van der Waals surface area contributed by atoms with Crippen LogP contribution in [0.15, 0.2) is 23.8 Å². The number of esters is 1. The van der Waals surface area contributed by atoms with E-state index in [1.807, 2.05) is 20.8 Å².